The van der Waals surface area contributed by atoms with Crippen LogP contribution in [0.1, 0.15) is 33.6 Å². The molecule has 2 nitrogen and oxygen atoms in total. The molecule has 1 aliphatic heterocycles. The van der Waals surface area contributed by atoms with Gasteiger partial charge in [-0.25, -0.2) is 0 Å². The fourth-order valence-corrected chi connectivity index (χ4v) is 2.57. The van der Waals surface area contributed by atoms with Gasteiger partial charge in [0.15, 0.2) is 0 Å². The Morgan fingerprint density at radius 3 is 2.83 bits per heavy atom. The molecular formula is C10H16O2. The lowest BCUT2D eigenvalue weighted by Gasteiger charge is -2.35. The van der Waals surface area contributed by atoms with E-state index in [9.17, 15) is 4.79 Å². The average molecular weight is 168 g/mol. The van der Waals surface area contributed by atoms with Crippen molar-refractivity contribution in [3.63, 3.8) is 0 Å². The van der Waals surface area contributed by atoms with Gasteiger partial charge in [-0.15, -0.1) is 0 Å². The van der Waals surface area contributed by atoms with Crippen molar-refractivity contribution in [2.75, 3.05) is 0 Å². The number of carbonyl (C=O) groups is 1. The van der Waals surface area contributed by atoms with Gasteiger partial charge < -0.3 is 4.74 Å². The van der Waals surface area contributed by atoms with Gasteiger partial charge in [0.25, 0.3) is 0 Å². The number of ether oxygens (including phenoxy) is 1. The summed E-state index contributed by atoms with van der Waals surface area (Å²) in [6.45, 7) is 6.42. The van der Waals surface area contributed by atoms with E-state index in [-0.39, 0.29) is 17.5 Å². The van der Waals surface area contributed by atoms with E-state index < -0.39 is 0 Å². The van der Waals surface area contributed by atoms with E-state index in [1.165, 1.54) is 0 Å². The minimum absolute atomic E-state index is 0.0364. The molecule has 68 valence electrons. The molecule has 1 saturated heterocycles. The van der Waals surface area contributed by atoms with Crippen molar-refractivity contribution in [2.24, 2.45) is 17.8 Å². The Morgan fingerprint density at radius 2 is 2.17 bits per heavy atom. The molecule has 0 aromatic carbocycles. The number of rotatable bonds is 0. The van der Waals surface area contributed by atoms with E-state index in [1.54, 1.807) is 0 Å². The van der Waals surface area contributed by atoms with E-state index in [0.29, 0.717) is 11.8 Å². The van der Waals surface area contributed by atoms with E-state index in [2.05, 4.69) is 20.8 Å². The molecule has 2 heteroatoms. The fourth-order valence-electron chi connectivity index (χ4n) is 2.57. The van der Waals surface area contributed by atoms with Crippen molar-refractivity contribution in [1.82, 2.24) is 0 Å². The molecule has 4 atom stereocenters. The zero-order valence-electron chi connectivity index (χ0n) is 7.96. The van der Waals surface area contributed by atoms with Crippen LogP contribution >= 0.6 is 0 Å². The van der Waals surface area contributed by atoms with Gasteiger partial charge in [-0.05, 0) is 25.2 Å². The van der Waals surface area contributed by atoms with Crippen molar-refractivity contribution in [2.45, 2.75) is 39.2 Å². The number of hydrogen-bond acceptors (Lipinski definition) is 2. The van der Waals surface area contributed by atoms with Crippen molar-refractivity contribution in [1.29, 1.82) is 0 Å². The molecule has 0 N–H and O–H groups in total. The molecule has 2 fully saturated rings. The van der Waals surface area contributed by atoms with Crippen LogP contribution in [0.2, 0.25) is 0 Å². The van der Waals surface area contributed by atoms with Crippen LogP contribution in [0.25, 0.3) is 0 Å². The van der Waals surface area contributed by atoms with Crippen molar-refractivity contribution in [3.05, 3.63) is 0 Å². The lowest BCUT2D eigenvalue weighted by Crippen LogP contribution is -2.37. The molecule has 0 spiro atoms. The first-order chi connectivity index (χ1) is 5.53. The van der Waals surface area contributed by atoms with Crippen LogP contribution in [0.4, 0.5) is 0 Å². The Hall–Kier alpha value is -0.530. The highest BCUT2D eigenvalue weighted by atomic mass is 16.6. The van der Waals surface area contributed by atoms with E-state index in [0.717, 1.165) is 12.8 Å². The summed E-state index contributed by atoms with van der Waals surface area (Å²) in [6, 6.07) is 0. The largest absolute Gasteiger partial charge is 0.459 e. The lowest BCUT2D eigenvalue weighted by atomic mass is 9.70. The Bertz CT molecular complexity index is 224. The van der Waals surface area contributed by atoms with E-state index >= 15 is 0 Å². The molecule has 2 aliphatic rings. The van der Waals surface area contributed by atoms with E-state index in [1.807, 2.05) is 0 Å². The maximum atomic E-state index is 11.4. The van der Waals surface area contributed by atoms with Gasteiger partial charge >= 0.3 is 5.97 Å². The van der Waals surface area contributed by atoms with Crippen molar-refractivity contribution in [3.8, 4) is 0 Å². The molecule has 1 aliphatic carbocycles. The summed E-state index contributed by atoms with van der Waals surface area (Å²) in [5, 5.41) is 0. The second-order valence-electron chi connectivity index (χ2n) is 4.66. The Kier molecular flexibility index (Phi) is 1.51. The molecule has 1 heterocycles. The van der Waals surface area contributed by atoms with Gasteiger partial charge in [0.05, 0.1) is 5.92 Å². The van der Waals surface area contributed by atoms with Crippen molar-refractivity contribution < 1.29 is 9.53 Å². The molecule has 0 aromatic heterocycles. The summed E-state index contributed by atoms with van der Waals surface area (Å²) >= 11 is 0. The SMILES string of the molecule is CC1CC(C)C2(C)CC1C(=O)O2. The molecule has 0 amide bonds. The zero-order valence-corrected chi connectivity index (χ0v) is 7.96. The second-order valence-corrected chi connectivity index (χ2v) is 4.66. The number of fused-ring (bicyclic) bond motifs is 2. The number of hydrogen-bond donors (Lipinski definition) is 0. The quantitative estimate of drug-likeness (QED) is 0.517. The highest BCUT2D eigenvalue weighted by molar-refractivity contribution is 5.76. The standard InChI is InChI=1S/C10H16O2/c1-6-4-7(2)10(3)5-8(6)9(11)12-10/h6-8H,4-5H2,1-3H3. The maximum Gasteiger partial charge on any atom is 0.309 e. The highest BCUT2D eigenvalue weighted by Gasteiger charge is 2.52. The van der Waals surface area contributed by atoms with E-state index in [4.69, 9.17) is 4.74 Å². The van der Waals surface area contributed by atoms with Gasteiger partial charge in [-0.2, -0.15) is 0 Å². The van der Waals surface area contributed by atoms with Crippen LogP contribution in [-0.4, -0.2) is 11.6 Å². The first-order valence-electron chi connectivity index (χ1n) is 4.76. The Labute approximate surface area is 73.3 Å². The van der Waals surface area contributed by atoms with Crippen LogP contribution in [0.15, 0.2) is 0 Å². The van der Waals surface area contributed by atoms with Crippen LogP contribution in [0, 0.1) is 17.8 Å². The summed E-state index contributed by atoms with van der Waals surface area (Å²) in [7, 11) is 0. The molecule has 12 heavy (non-hydrogen) atoms. The summed E-state index contributed by atoms with van der Waals surface area (Å²) in [5.74, 6) is 1.26. The predicted molar refractivity (Wildman–Crippen MR) is 45.5 cm³/mol. The molecule has 1 saturated carbocycles. The average Bonchev–Trinajstić information content (AvgIpc) is 2.23. The minimum atomic E-state index is -0.145. The third-order valence-electron chi connectivity index (χ3n) is 3.72. The third-order valence-corrected chi connectivity index (χ3v) is 3.72. The topological polar surface area (TPSA) is 26.3 Å². The number of carbonyl (C=O) groups excluding carboxylic acids is 1. The number of esters is 1. The maximum absolute atomic E-state index is 11.4. The Balaban J connectivity index is 2.29. The van der Waals surface area contributed by atoms with Gasteiger partial charge in [0.1, 0.15) is 5.60 Å². The summed E-state index contributed by atoms with van der Waals surface area (Å²) in [4.78, 5) is 11.4. The third kappa shape index (κ3) is 0.900. The molecule has 2 bridgehead atoms. The smallest absolute Gasteiger partial charge is 0.309 e. The van der Waals surface area contributed by atoms with Gasteiger partial charge in [-0.3, -0.25) is 4.79 Å². The first kappa shape index (κ1) is 8.09. The molecule has 4 unspecified atom stereocenters. The molecule has 2 rings (SSSR count). The van der Waals surface area contributed by atoms with Crippen LogP contribution in [-0.2, 0) is 9.53 Å². The highest BCUT2D eigenvalue weighted by Crippen LogP contribution is 2.48. The zero-order chi connectivity index (χ0) is 8.93. The summed E-state index contributed by atoms with van der Waals surface area (Å²) < 4.78 is 5.42. The van der Waals surface area contributed by atoms with Crippen LogP contribution < -0.4 is 0 Å². The molecular weight excluding hydrogens is 152 g/mol. The first-order valence-corrected chi connectivity index (χ1v) is 4.76. The fraction of sp³-hybridized carbons (Fsp3) is 0.900. The van der Waals surface area contributed by atoms with Gasteiger partial charge in [0, 0.05) is 6.42 Å². The van der Waals surface area contributed by atoms with Crippen LogP contribution in [0.5, 0.6) is 0 Å². The molecule has 0 radical (unpaired) electrons. The Morgan fingerprint density at radius 1 is 1.50 bits per heavy atom. The van der Waals surface area contributed by atoms with Crippen LogP contribution in [0.3, 0.4) is 0 Å². The predicted octanol–water partition coefficient (Wildman–Crippen LogP) is 1.98. The van der Waals surface area contributed by atoms with Gasteiger partial charge in [0.2, 0.25) is 0 Å². The minimum Gasteiger partial charge on any atom is -0.459 e. The summed E-state index contributed by atoms with van der Waals surface area (Å²) in [5.41, 5.74) is -0.145. The van der Waals surface area contributed by atoms with Gasteiger partial charge in [-0.1, -0.05) is 13.8 Å². The van der Waals surface area contributed by atoms with Crippen molar-refractivity contribution >= 4 is 5.97 Å². The second kappa shape index (κ2) is 2.24. The normalized spacial score (nSPS) is 52.2. The monoisotopic (exact) mass is 168 g/mol. The summed E-state index contributed by atoms with van der Waals surface area (Å²) in [6.07, 6.45) is 2.07. The molecule has 0 aromatic rings. The lowest BCUT2D eigenvalue weighted by molar-refractivity contribution is -0.150.